The lowest BCUT2D eigenvalue weighted by molar-refractivity contribution is 0.542. The van der Waals surface area contributed by atoms with Crippen LogP contribution >= 0.6 is 0 Å². The maximum atomic E-state index is 13.7. The molecule has 0 aliphatic carbocycles. The number of nitrogens with two attached hydrogens (primary N) is 1. The van der Waals surface area contributed by atoms with Crippen molar-refractivity contribution in [2.75, 3.05) is 0 Å². The van der Waals surface area contributed by atoms with E-state index in [4.69, 9.17) is 5.73 Å². The van der Waals surface area contributed by atoms with Crippen molar-refractivity contribution in [1.82, 2.24) is 9.78 Å². The summed E-state index contributed by atoms with van der Waals surface area (Å²) in [5.74, 6) is -0.882. The third kappa shape index (κ3) is 3.04. The first-order valence-electron chi connectivity index (χ1n) is 6.81. The van der Waals surface area contributed by atoms with Crippen LogP contribution in [0.3, 0.4) is 0 Å². The van der Waals surface area contributed by atoms with Gasteiger partial charge < -0.3 is 5.73 Å². The Bertz CT molecular complexity index is 593. The highest BCUT2D eigenvalue weighted by molar-refractivity contribution is 5.23. The molecule has 0 saturated carbocycles. The molecular formula is C15H19F2N3. The van der Waals surface area contributed by atoms with E-state index in [1.807, 2.05) is 24.6 Å². The average molecular weight is 279 g/mol. The van der Waals surface area contributed by atoms with Gasteiger partial charge in [0.15, 0.2) is 0 Å². The van der Waals surface area contributed by atoms with Gasteiger partial charge in [0.2, 0.25) is 0 Å². The van der Waals surface area contributed by atoms with Gasteiger partial charge in [-0.1, -0.05) is 6.92 Å². The van der Waals surface area contributed by atoms with Crippen LogP contribution in [0.25, 0.3) is 0 Å². The van der Waals surface area contributed by atoms with E-state index in [2.05, 4.69) is 5.10 Å². The van der Waals surface area contributed by atoms with Gasteiger partial charge in [-0.25, -0.2) is 8.78 Å². The number of benzene rings is 1. The molecule has 2 N–H and O–H groups in total. The molecule has 1 heterocycles. The zero-order valence-electron chi connectivity index (χ0n) is 11.7. The molecule has 0 spiro atoms. The quantitative estimate of drug-likeness (QED) is 0.914. The van der Waals surface area contributed by atoms with Gasteiger partial charge >= 0.3 is 0 Å². The predicted molar refractivity (Wildman–Crippen MR) is 74.3 cm³/mol. The van der Waals surface area contributed by atoms with E-state index in [0.29, 0.717) is 12.1 Å². The maximum absolute atomic E-state index is 13.7. The van der Waals surface area contributed by atoms with Crippen molar-refractivity contribution in [3.63, 3.8) is 0 Å². The lowest BCUT2D eigenvalue weighted by Gasteiger charge is -2.14. The number of hydrogen-bond acceptors (Lipinski definition) is 2. The second kappa shape index (κ2) is 6.13. The van der Waals surface area contributed by atoms with Crippen LogP contribution in [-0.2, 0) is 19.4 Å². The Morgan fingerprint density at radius 1 is 1.25 bits per heavy atom. The van der Waals surface area contributed by atoms with Crippen molar-refractivity contribution >= 4 is 0 Å². The van der Waals surface area contributed by atoms with E-state index >= 15 is 0 Å². The number of rotatable bonds is 5. The molecule has 3 nitrogen and oxygen atoms in total. The van der Waals surface area contributed by atoms with E-state index in [9.17, 15) is 8.78 Å². The van der Waals surface area contributed by atoms with Crippen LogP contribution < -0.4 is 5.73 Å². The topological polar surface area (TPSA) is 43.8 Å². The molecular weight excluding hydrogens is 260 g/mol. The fourth-order valence-corrected chi connectivity index (χ4v) is 2.25. The average Bonchev–Trinajstić information content (AvgIpc) is 2.86. The Labute approximate surface area is 117 Å². The van der Waals surface area contributed by atoms with Gasteiger partial charge in [-0.15, -0.1) is 0 Å². The summed E-state index contributed by atoms with van der Waals surface area (Å²) in [6.45, 7) is 4.70. The second-order valence-corrected chi connectivity index (χ2v) is 4.78. The van der Waals surface area contributed by atoms with Crippen LogP contribution in [0.2, 0.25) is 0 Å². The van der Waals surface area contributed by atoms with Crippen LogP contribution in [0.15, 0.2) is 24.3 Å². The van der Waals surface area contributed by atoms with Crippen LogP contribution in [0.5, 0.6) is 0 Å². The first-order valence-corrected chi connectivity index (χ1v) is 6.81. The highest BCUT2D eigenvalue weighted by Gasteiger charge is 2.16. The summed E-state index contributed by atoms with van der Waals surface area (Å²) in [6, 6.07) is 4.97. The lowest BCUT2D eigenvalue weighted by Crippen LogP contribution is -2.18. The SMILES string of the molecule is CCc1cc(C(N)Cc2cc(F)ccc2F)n(CC)n1. The third-order valence-electron chi connectivity index (χ3n) is 3.35. The van der Waals surface area contributed by atoms with Gasteiger partial charge in [-0.3, -0.25) is 4.68 Å². The molecule has 2 rings (SSSR count). The molecule has 1 atom stereocenters. The molecule has 5 heteroatoms. The van der Waals surface area contributed by atoms with Gasteiger partial charge in [-0.05, 0) is 49.6 Å². The Kier molecular flexibility index (Phi) is 4.49. The molecule has 20 heavy (non-hydrogen) atoms. The first kappa shape index (κ1) is 14.7. The Morgan fingerprint density at radius 2 is 2.00 bits per heavy atom. The second-order valence-electron chi connectivity index (χ2n) is 4.78. The molecule has 1 aromatic carbocycles. The number of hydrogen-bond donors (Lipinski definition) is 1. The highest BCUT2D eigenvalue weighted by atomic mass is 19.1. The number of nitrogens with zero attached hydrogens (tertiary/aromatic N) is 2. The fourth-order valence-electron chi connectivity index (χ4n) is 2.25. The summed E-state index contributed by atoms with van der Waals surface area (Å²) in [5.41, 5.74) is 8.24. The van der Waals surface area contributed by atoms with Crippen LogP contribution in [0, 0.1) is 11.6 Å². The maximum Gasteiger partial charge on any atom is 0.126 e. The molecule has 0 aliphatic heterocycles. The molecule has 1 unspecified atom stereocenters. The normalized spacial score (nSPS) is 12.7. The van der Waals surface area contributed by atoms with Gasteiger partial charge in [0.05, 0.1) is 17.4 Å². The summed E-state index contributed by atoms with van der Waals surface area (Å²) < 4.78 is 28.7. The molecule has 0 amide bonds. The van der Waals surface area contributed by atoms with E-state index in [0.717, 1.165) is 29.9 Å². The number of aryl methyl sites for hydroxylation is 2. The van der Waals surface area contributed by atoms with Gasteiger partial charge in [-0.2, -0.15) is 5.10 Å². The monoisotopic (exact) mass is 279 g/mol. The predicted octanol–water partition coefficient (Wildman–Crippen LogP) is 2.99. The smallest absolute Gasteiger partial charge is 0.126 e. The molecule has 108 valence electrons. The Balaban J connectivity index is 2.25. The summed E-state index contributed by atoms with van der Waals surface area (Å²) in [5, 5.41) is 4.42. The molecule has 0 saturated heterocycles. The van der Waals surface area contributed by atoms with Gasteiger partial charge in [0, 0.05) is 6.54 Å². The minimum absolute atomic E-state index is 0.248. The van der Waals surface area contributed by atoms with Crippen molar-refractivity contribution in [2.45, 2.75) is 39.3 Å². The summed E-state index contributed by atoms with van der Waals surface area (Å²) in [4.78, 5) is 0. The molecule has 1 aromatic heterocycles. The lowest BCUT2D eigenvalue weighted by atomic mass is 10.0. The fraction of sp³-hybridized carbons (Fsp3) is 0.400. The van der Waals surface area contributed by atoms with E-state index in [1.54, 1.807) is 0 Å². The summed E-state index contributed by atoms with van der Waals surface area (Å²) in [7, 11) is 0. The molecule has 2 aromatic rings. The van der Waals surface area contributed by atoms with E-state index < -0.39 is 17.7 Å². The zero-order valence-corrected chi connectivity index (χ0v) is 11.7. The van der Waals surface area contributed by atoms with E-state index in [-0.39, 0.29) is 6.42 Å². The van der Waals surface area contributed by atoms with Crippen LogP contribution in [0.4, 0.5) is 8.78 Å². The van der Waals surface area contributed by atoms with E-state index in [1.165, 1.54) is 6.07 Å². The number of aromatic nitrogens is 2. The van der Waals surface area contributed by atoms with Gasteiger partial charge in [0.1, 0.15) is 11.6 Å². The molecule has 0 fully saturated rings. The van der Waals surface area contributed by atoms with Crippen molar-refractivity contribution < 1.29 is 8.78 Å². The van der Waals surface area contributed by atoms with Crippen molar-refractivity contribution in [2.24, 2.45) is 5.73 Å². The third-order valence-corrected chi connectivity index (χ3v) is 3.35. The molecule has 0 bridgehead atoms. The van der Waals surface area contributed by atoms with Crippen molar-refractivity contribution in [1.29, 1.82) is 0 Å². The minimum Gasteiger partial charge on any atom is -0.322 e. The largest absolute Gasteiger partial charge is 0.322 e. The molecule has 0 aliphatic rings. The first-order chi connectivity index (χ1) is 9.55. The van der Waals surface area contributed by atoms with Crippen molar-refractivity contribution in [3.05, 3.63) is 52.9 Å². The summed E-state index contributed by atoms with van der Waals surface area (Å²) >= 11 is 0. The number of halogens is 2. The highest BCUT2D eigenvalue weighted by Crippen LogP contribution is 2.20. The van der Waals surface area contributed by atoms with Crippen LogP contribution in [0.1, 0.15) is 36.8 Å². The minimum atomic E-state index is -0.452. The Hall–Kier alpha value is -1.75. The Morgan fingerprint density at radius 3 is 2.65 bits per heavy atom. The molecule has 0 radical (unpaired) electrons. The van der Waals surface area contributed by atoms with Crippen molar-refractivity contribution in [3.8, 4) is 0 Å². The van der Waals surface area contributed by atoms with Crippen LogP contribution in [-0.4, -0.2) is 9.78 Å². The van der Waals surface area contributed by atoms with Gasteiger partial charge in [0.25, 0.3) is 0 Å². The standard InChI is InChI=1S/C15H19F2N3/c1-3-12-9-15(20(4-2)19-12)14(18)8-10-7-11(16)5-6-13(10)17/h5-7,9,14H,3-4,8,18H2,1-2H3. The summed E-state index contributed by atoms with van der Waals surface area (Å²) in [6.07, 6.45) is 1.07. The zero-order chi connectivity index (χ0) is 14.7.